The maximum absolute atomic E-state index is 6.48. The number of nitrogens with one attached hydrogen (secondary N) is 1. The summed E-state index contributed by atoms with van der Waals surface area (Å²) in [7, 11) is 1.72. The van der Waals surface area contributed by atoms with E-state index in [0.29, 0.717) is 23.2 Å². The zero-order valence-electron chi connectivity index (χ0n) is 18.0. The van der Waals surface area contributed by atoms with Crippen LogP contribution in [0.4, 0.5) is 17.3 Å². The number of rotatable bonds is 4. The fourth-order valence-corrected chi connectivity index (χ4v) is 3.89. The Morgan fingerprint density at radius 1 is 1.03 bits per heavy atom. The number of aromatic nitrogens is 5. The molecule has 5 rings (SSSR count). The molecule has 0 atom stereocenters. The largest absolute Gasteiger partial charge is 0.398 e. The van der Waals surface area contributed by atoms with Gasteiger partial charge in [-0.05, 0) is 41.1 Å². The molecular weight excluding hydrogens is 400 g/mol. The van der Waals surface area contributed by atoms with Crippen molar-refractivity contribution in [3.8, 4) is 0 Å². The number of anilines is 3. The van der Waals surface area contributed by atoms with E-state index in [0.717, 1.165) is 43.7 Å². The molecule has 8 nitrogen and oxygen atoms in total. The maximum atomic E-state index is 6.48. The molecule has 0 saturated carbocycles. The molecular formula is C24H22N8. The van der Waals surface area contributed by atoms with Gasteiger partial charge in [0.15, 0.2) is 5.82 Å². The van der Waals surface area contributed by atoms with Crippen molar-refractivity contribution < 1.29 is 0 Å². The van der Waals surface area contributed by atoms with Gasteiger partial charge in [0, 0.05) is 53.6 Å². The van der Waals surface area contributed by atoms with Crippen molar-refractivity contribution in [2.75, 3.05) is 18.1 Å². The van der Waals surface area contributed by atoms with E-state index in [-0.39, 0.29) is 0 Å². The van der Waals surface area contributed by atoms with Crippen LogP contribution >= 0.6 is 0 Å². The summed E-state index contributed by atoms with van der Waals surface area (Å²) in [6, 6.07) is 7.78. The quantitative estimate of drug-likeness (QED) is 0.247. The van der Waals surface area contributed by atoms with Gasteiger partial charge in [-0.3, -0.25) is 15.0 Å². The number of nitrogens with zero attached hydrogens (tertiary/aromatic N) is 6. The van der Waals surface area contributed by atoms with Crippen LogP contribution in [0.1, 0.15) is 30.9 Å². The molecule has 0 aliphatic carbocycles. The van der Waals surface area contributed by atoms with Crippen molar-refractivity contribution in [3.63, 3.8) is 0 Å². The van der Waals surface area contributed by atoms with E-state index in [9.17, 15) is 0 Å². The number of aliphatic imine (C=N–C) groups is 1. The molecule has 0 spiro atoms. The summed E-state index contributed by atoms with van der Waals surface area (Å²) >= 11 is 0. The second kappa shape index (κ2) is 7.81. The van der Waals surface area contributed by atoms with Gasteiger partial charge in [-0.15, -0.1) is 5.10 Å². The van der Waals surface area contributed by atoms with E-state index in [1.807, 2.05) is 30.5 Å². The summed E-state index contributed by atoms with van der Waals surface area (Å²) in [6.07, 6.45) is 8.90. The number of fused-ring (bicyclic) bond motifs is 5. The van der Waals surface area contributed by atoms with Crippen molar-refractivity contribution in [2.24, 2.45) is 4.99 Å². The van der Waals surface area contributed by atoms with E-state index < -0.39 is 0 Å². The van der Waals surface area contributed by atoms with Crippen LogP contribution in [0, 0.1) is 0 Å². The molecule has 0 bridgehead atoms. The summed E-state index contributed by atoms with van der Waals surface area (Å²) in [5.41, 5.74) is 10.6. The van der Waals surface area contributed by atoms with Gasteiger partial charge in [-0.1, -0.05) is 13.8 Å². The molecule has 0 saturated heterocycles. The molecule has 0 fully saturated rings. The summed E-state index contributed by atoms with van der Waals surface area (Å²) in [5.74, 6) is 1.66. The minimum absolute atomic E-state index is 0.354. The molecule has 0 aliphatic heterocycles. The Bertz CT molecular complexity index is 1510. The van der Waals surface area contributed by atoms with Crippen LogP contribution < -0.4 is 11.1 Å². The molecule has 32 heavy (non-hydrogen) atoms. The van der Waals surface area contributed by atoms with Gasteiger partial charge in [0.05, 0.1) is 22.9 Å². The average molecular weight is 422 g/mol. The molecule has 4 heterocycles. The Labute approximate surface area is 184 Å². The fourth-order valence-electron chi connectivity index (χ4n) is 3.89. The Kier molecular flexibility index (Phi) is 4.82. The minimum Gasteiger partial charge on any atom is -0.398 e. The molecule has 158 valence electrons. The third kappa shape index (κ3) is 3.26. The summed E-state index contributed by atoms with van der Waals surface area (Å²) in [4.78, 5) is 18.0. The van der Waals surface area contributed by atoms with Gasteiger partial charge in [-0.2, -0.15) is 5.10 Å². The molecule has 5 aromatic rings. The lowest BCUT2D eigenvalue weighted by atomic mass is 9.97. The molecule has 1 aromatic carbocycles. The molecule has 0 aliphatic rings. The number of nitrogen functional groups attached to an aromatic ring is 1. The van der Waals surface area contributed by atoms with E-state index in [1.165, 1.54) is 0 Å². The van der Waals surface area contributed by atoms with Crippen molar-refractivity contribution in [2.45, 2.75) is 19.8 Å². The smallest absolute Gasteiger partial charge is 0.154 e. The van der Waals surface area contributed by atoms with Crippen LogP contribution in [-0.2, 0) is 0 Å². The van der Waals surface area contributed by atoms with E-state index in [2.05, 4.69) is 44.3 Å². The highest BCUT2D eigenvalue weighted by atomic mass is 15.2. The molecule has 8 heteroatoms. The third-order valence-corrected chi connectivity index (χ3v) is 5.53. The van der Waals surface area contributed by atoms with E-state index in [1.54, 1.807) is 31.9 Å². The van der Waals surface area contributed by atoms with E-state index >= 15 is 0 Å². The standard InChI is InChI=1S/C24H22N8/c1-13(2)14-8-21(32-29-9-14)30-20-5-4-19-24(31-20)22-15-6-7-27-11-18(15)23(25)17(10-26-3)16(22)12-28-19/h4-13H,25H2,1-3H3,(H,30,31,32). The summed E-state index contributed by atoms with van der Waals surface area (Å²) < 4.78 is 0. The fraction of sp³-hybridized carbons (Fsp3) is 0.167. The number of pyridine rings is 3. The van der Waals surface area contributed by atoms with E-state index in [4.69, 9.17) is 10.7 Å². The summed E-state index contributed by atoms with van der Waals surface area (Å²) in [6.45, 7) is 4.24. The van der Waals surface area contributed by atoms with Crippen LogP contribution in [0.5, 0.6) is 0 Å². The minimum atomic E-state index is 0.354. The third-order valence-electron chi connectivity index (χ3n) is 5.53. The first-order valence-corrected chi connectivity index (χ1v) is 10.3. The highest BCUT2D eigenvalue weighted by Crippen LogP contribution is 2.36. The van der Waals surface area contributed by atoms with Crippen molar-refractivity contribution in [1.29, 1.82) is 0 Å². The highest BCUT2D eigenvalue weighted by Gasteiger charge is 2.16. The number of hydrogen-bond acceptors (Lipinski definition) is 8. The van der Waals surface area contributed by atoms with Crippen LogP contribution in [0.3, 0.4) is 0 Å². The zero-order chi connectivity index (χ0) is 22.2. The first kappa shape index (κ1) is 19.7. The first-order valence-electron chi connectivity index (χ1n) is 10.3. The van der Waals surface area contributed by atoms with Crippen LogP contribution in [0.25, 0.3) is 32.6 Å². The molecule has 0 unspecified atom stereocenters. The predicted molar refractivity (Wildman–Crippen MR) is 130 cm³/mol. The van der Waals surface area contributed by atoms with Gasteiger partial charge >= 0.3 is 0 Å². The molecule has 4 aromatic heterocycles. The number of benzene rings is 1. The van der Waals surface area contributed by atoms with Crippen LogP contribution in [-0.4, -0.2) is 38.4 Å². The topological polar surface area (TPSA) is 115 Å². The second-order valence-electron chi connectivity index (χ2n) is 7.90. The lowest BCUT2D eigenvalue weighted by Gasteiger charge is -2.14. The van der Waals surface area contributed by atoms with Gasteiger partial charge in [0.25, 0.3) is 0 Å². The highest BCUT2D eigenvalue weighted by molar-refractivity contribution is 6.26. The Hall–Kier alpha value is -4.20. The normalized spacial score (nSPS) is 11.9. The first-order chi connectivity index (χ1) is 15.6. The lowest BCUT2D eigenvalue weighted by molar-refractivity contribution is 0.843. The van der Waals surface area contributed by atoms with Gasteiger partial charge in [0.1, 0.15) is 5.82 Å². The van der Waals surface area contributed by atoms with Crippen LogP contribution in [0.2, 0.25) is 0 Å². The van der Waals surface area contributed by atoms with Crippen molar-refractivity contribution in [3.05, 3.63) is 60.2 Å². The summed E-state index contributed by atoms with van der Waals surface area (Å²) in [5, 5.41) is 15.3. The SMILES string of the molecule is CN=Cc1c(N)c2cnccc2c2c1cnc1ccc(Nc3cc(C(C)C)cnn3)nc12. The Morgan fingerprint density at radius 2 is 1.91 bits per heavy atom. The van der Waals surface area contributed by atoms with Crippen molar-refractivity contribution in [1.82, 2.24) is 25.1 Å². The zero-order valence-corrected chi connectivity index (χ0v) is 18.0. The van der Waals surface area contributed by atoms with Gasteiger partial charge < -0.3 is 11.1 Å². The number of hydrogen-bond donors (Lipinski definition) is 2. The predicted octanol–water partition coefficient (Wildman–Crippen LogP) is 4.62. The van der Waals surface area contributed by atoms with Gasteiger partial charge in [-0.25, -0.2) is 4.98 Å². The lowest BCUT2D eigenvalue weighted by Crippen LogP contribution is -2.02. The monoisotopic (exact) mass is 422 g/mol. The van der Waals surface area contributed by atoms with Gasteiger partial charge in [0.2, 0.25) is 0 Å². The maximum Gasteiger partial charge on any atom is 0.154 e. The van der Waals surface area contributed by atoms with Crippen LogP contribution in [0.15, 0.2) is 54.0 Å². The molecule has 0 amide bonds. The Balaban J connectivity index is 1.76. The Morgan fingerprint density at radius 3 is 2.72 bits per heavy atom. The second-order valence-corrected chi connectivity index (χ2v) is 7.90. The molecule has 3 N–H and O–H groups in total. The average Bonchev–Trinajstić information content (AvgIpc) is 2.81. The number of nitrogens with two attached hydrogens (primary N) is 1. The van der Waals surface area contributed by atoms with Crippen molar-refractivity contribution >= 4 is 56.1 Å². The molecule has 0 radical (unpaired) electrons.